The highest BCUT2D eigenvalue weighted by Gasteiger charge is 2.53. The van der Waals surface area contributed by atoms with Crippen molar-refractivity contribution >= 4 is 5.91 Å². The molecule has 28 heavy (non-hydrogen) atoms. The van der Waals surface area contributed by atoms with Gasteiger partial charge in [-0.1, -0.05) is 0 Å². The Morgan fingerprint density at radius 2 is 1.82 bits per heavy atom. The van der Waals surface area contributed by atoms with Crippen LogP contribution in [0.4, 0.5) is 0 Å². The van der Waals surface area contributed by atoms with E-state index in [1.807, 2.05) is 24.3 Å². The Bertz CT molecular complexity index is 798. The lowest BCUT2D eigenvalue weighted by Gasteiger charge is -2.59. The van der Waals surface area contributed by atoms with Gasteiger partial charge in [-0.25, -0.2) is 4.68 Å². The Kier molecular flexibility index (Phi) is 4.33. The summed E-state index contributed by atoms with van der Waals surface area (Å²) in [5, 5.41) is 14.3. The van der Waals surface area contributed by atoms with E-state index in [9.17, 15) is 4.79 Å². The average Bonchev–Trinajstić information content (AvgIpc) is 3.20. The topological polar surface area (TPSA) is 81.9 Å². The molecular formula is C21H27N5O2. The summed E-state index contributed by atoms with van der Waals surface area (Å²) in [7, 11) is 0. The highest BCUT2D eigenvalue weighted by molar-refractivity contribution is 5.77. The molecule has 1 unspecified atom stereocenters. The number of rotatable bonds is 6. The minimum Gasteiger partial charge on any atom is -0.484 e. The quantitative estimate of drug-likeness (QED) is 0.832. The van der Waals surface area contributed by atoms with Gasteiger partial charge in [0.05, 0.1) is 5.69 Å². The molecular weight excluding hydrogens is 354 g/mol. The van der Waals surface area contributed by atoms with Gasteiger partial charge in [0.15, 0.2) is 6.61 Å². The van der Waals surface area contributed by atoms with Crippen LogP contribution in [0, 0.1) is 23.2 Å². The molecule has 1 atom stereocenters. The normalized spacial score (nSPS) is 31.5. The fraction of sp³-hybridized carbons (Fsp3) is 0.619. The Morgan fingerprint density at radius 1 is 1.18 bits per heavy atom. The van der Waals surface area contributed by atoms with Crippen molar-refractivity contribution in [3.05, 3.63) is 30.6 Å². The molecule has 148 valence electrons. The van der Waals surface area contributed by atoms with Gasteiger partial charge in [0, 0.05) is 6.04 Å². The SMILES string of the molecule is CC(NC(=O)COc1ccc(-n2cnnn2)cc1)C12CC3CC(CC(C3)C1)C2. The summed E-state index contributed by atoms with van der Waals surface area (Å²) in [6.45, 7) is 2.24. The van der Waals surface area contributed by atoms with E-state index in [0.29, 0.717) is 11.2 Å². The maximum Gasteiger partial charge on any atom is 0.258 e. The van der Waals surface area contributed by atoms with Crippen LogP contribution in [-0.2, 0) is 4.79 Å². The third-order valence-electron chi connectivity index (χ3n) is 7.20. The van der Waals surface area contributed by atoms with E-state index in [-0.39, 0.29) is 18.6 Å². The first kappa shape index (κ1) is 17.6. The monoisotopic (exact) mass is 381 g/mol. The maximum atomic E-state index is 12.5. The van der Waals surface area contributed by atoms with E-state index < -0.39 is 0 Å². The summed E-state index contributed by atoms with van der Waals surface area (Å²) in [4.78, 5) is 12.5. The summed E-state index contributed by atoms with van der Waals surface area (Å²) in [5.41, 5.74) is 1.16. The first-order valence-electron chi connectivity index (χ1n) is 10.4. The van der Waals surface area contributed by atoms with Gasteiger partial charge in [0.25, 0.3) is 5.91 Å². The number of tetrazole rings is 1. The van der Waals surface area contributed by atoms with Crippen molar-refractivity contribution in [2.45, 2.75) is 51.5 Å². The van der Waals surface area contributed by atoms with Gasteiger partial charge in [-0.3, -0.25) is 4.79 Å². The van der Waals surface area contributed by atoms with Gasteiger partial charge < -0.3 is 10.1 Å². The van der Waals surface area contributed by atoms with Crippen LogP contribution >= 0.6 is 0 Å². The van der Waals surface area contributed by atoms with Crippen molar-refractivity contribution < 1.29 is 9.53 Å². The van der Waals surface area contributed by atoms with E-state index in [2.05, 4.69) is 27.8 Å². The second kappa shape index (κ2) is 6.87. The van der Waals surface area contributed by atoms with Crippen LogP contribution < -0.4 is 10.1 Å². The highest BCUT2D eigenvalue weighted by atomic mass is 16.5. The predicted octanol–water partition coefficient (Wildman–Crippen LogP) is 2.76. The molecule has 0 radical (unpaired) electrons. The fourth-order valence-electron chi connectivity index (χ4n) is 6.27. The number of aromatic nitrogens is 4. The molecule has 1 N–H and O–H groups in total. The maximum absolute atomic E-state index is 12.5. The Hall–Kier alpha value is -2.44. The largest absolute Gasteiger partial charge is 0.484 e. The van der Waals surface area contributed by atoms with Crippen LogP contribution in [-0.4, -0.2) is 38.8 Å². The third-order valence-corrected chi connectivity index (χ3v) is 7.20. The summed E-state index contributed by atoms with van der Waals surface area (Å²) >= 11 is 0. The van der Waals surface area contributed by atoms with Crippen LogP contribution in [0.15, 0.2) is 30.6 Å². The zero-order valence-electron chi connectivity index (χ0n) is 16.3. The first-order chi connectivity index (χ1) is 13.6. The van der Waals surface area contributed by atoms with E-state index in [4.69, 9.17) is 4.74 Å². The first-order valence-corrected chi connectivity index (χ1v) is 10.4. The molecule has 7 heteroatoms. The van der Waals surface area contributed by atoms with Gasteiger partial charge in [0.2, 0.25) is 0 Å². The van der Waals surface area contributed by atoms with Gasteiger partial charge in [0.1, 0.15) is 12.1 Å². The number of hydrogen-bond donors (Lipinski definition) is 1. The van der Waals surface area contributed by atoms with E-state index in [1.54, 1.807) is 4.68 Å². The van der Waals surface area contributed by atoms with Gasteiger partial charge in [-0.2, -0.15) is 0 Å². The lowest BCUT2D eigenvalue weighted by Crippen LogP contribution is -2.56. The standard InChI is InChI=1S/C21H27N5O2/c1-14(21-9-15-6-16(10-21)8-17(7-15)11-21)23-20(27)12-28-19-4-2-18(3-5-19)26-13-22-24-25-26/h2-5,13-17H,6-12H2,1H3,(H,23,27). The number of nitrogens with one attached hydrogen (secondary N) is 1. The predicted molar refractivity (Wildman–Crippen MR) is 103 cm³/mol. The molecule has 2 aromatic rings. The molecule has 6 rings (SSSR count). The number of nitrogens with zero attached hydrogens (tertiary/aromatic N) is 4. The minimum absolute atomic E-state index is 0.0344. The molecule has 1 aromatic carbocycles. The Morgan fingerprint density at radius 3 is 2.39 bits per heavy atom. The molecule has 1 heterocycles. The highest BCUT2D eigenvalue weighted by Crippen LogP contribution is 2.61. The molecule has 1 aromatic heterocycles. The third kappa shape index (κ3) is 3.27. The van der Waals surface area contributed by atoms with Crippen molar-refractivity contribution in [2.24, 2.45) is 23.2 Å². The van der Waals surface area contributed by atoms with E-state index in [0.717, 1.165) is 23.4 Å². The van der Waals surface area contributed by atoms with Crippen molar-refractivity contribution in [3.63, 3.8) is 0 Å². The fourth-order valence-corrected chi connectivity index (χ4v) is 6.27. The Labute approximate surface area is 164 Å². The number of amides is 1. The van der Waals surface area contributed by atoms with Gasteiger partial charge in [-0.15, -0.1) is 5.10 Å². The number of hydrogen-bond acceptors (Lipinski definition) is 5. The molecule has 7 nitrogen and oxygen atoms in total. The van der Waals surface area contributed by atoms with Crippen LogP contribution in [0.5, 0.6) is 5.75 Å². The molecule has 0 saturated heterocycles. The second-order valence-electron chi connectivity index (χ2n) is 9.11. The van der Waals surface area contributed by atoms with Crippen LogP contribution in [0.2, 0.25) is 0 Å². The molecule has 4 aliphatic carbocycles. The smallest absolute Gasteiger partial charge is 0.258 e. The van der Waals surface area contributed by atoms with E-state index >= 15 is 0 Å². The van der Waals surface area contributed by atoms with Crippen LogP contribution in [0.25, 0.3) is 5.69 Å². The molecule has 4 saturated carbocycles. The van der Waals surface area contributed by atoms with Crippen LogP contribution in [0.1, 0.15) is 45.4 Å². The summed E-state index contributed by atoms with van der Waals surface area (Å²) in [6, 6.07) is 7.60. The average molecular weight is 381 g/mol. The summed E-state index contributed by atoms with van der Waals surface area (Å²) in [5.74, 6) is 3.30. The zero-order chi connectivity index (χ0) is 19.1. The van der Waals surface area contributed by atoms with Crippen LogP contribution in [0.3, 0.4) is 0 Å². The van der Waals surface area contributed by atoms with Gasteiger partial charge in [-0.05, 0) is 103 Å². The van der Waals surface area contributed by atoms with Crippen molar-refractivity contribution in [3.8, 4) is 11.4 Å². The number of ether oxygens (including phenoxy) is 1. The molecule has 4 fully saturated rings. The zero-order valence-corrected chi connectivity index (χ0v) is 16.3. The number of benzene rings is 1. The molecule has 0 spiro atoms. The second-order valence-corrected chi connectivity index (χ2v) is 9.11. The van der Waals surface area contributed by atoms with Crippen molar-refractivity contribution in [2.75, 3.05) is 6.61 Å². The lowest BCUT2D eigenvalue weighted by molar-refractivity contribution is -0.127. The Balaban J connectivity index is 1.15. The molecule has 4 bridgehead atoms. The van der Waals surface area contributed by atoms with Crippen molar-refractivity contribution in [1.82, 2.24) is 25.5 Å². The molecule has 0 aliphatic heterocycles. The molecule has 1 amide bonds. The minimum atomic E-state index is -0.0344. The van der Waals surface area contributed by atoms with Gasteiger partial charge >= 0.3 is 0 Å². The number of carbonyl (C=O) groups is 1. The van der Waals surface area contributed by atoms with Crippen molar-refractivity contribution in [1.29, 1.82) is 0 Å². The van der Waals surface area contributed by atoms with E-state index in [1.165, 1.54) is 44.9 Å². The summed E-state index contributed by atoms with van der Waals surface area (Å²) in [6.07, 6.45) is 9.67. The lowest BCUT2D eigenvalue weighted by atomic mass is 9.48. The summed E-state index contributed by atoms with van der Waals surface area (Å²) < 4.78 is 7.26. The molecule has 4 aliphatic rings. The number of carbonyl (C=O) groups excluding carboxylic acids is 1.